The highest BCUT2D eigenvalue weighted by Crippen LogP contribution is 2.34. The predicted molar refractivity (Wildman–Crippen MR) is 68.8 cm³/mol. The Morgan fingerprint density at radius 1 is 1.25 bits per heavy atom. The second kappa shape index (κ2) is 5.02. The van der Waals surface area contributed by atoms with Crippen LogP contribution >= 0.6 is 11.6 Å². The fraction of sp³-hybridized carbons (Fsp3) is 0.0769. The lowest BCUT2D eigenvalue weighted by atomic mass is 10.1. The van der Waals surface area contributed by atoms with Crippen molar-refractivity contribution >= 4 is 17.3 Å². The third-order valence-electron chi connectivity index (χ3n) is 2.61. The van der Waals surface area contributed by atoms with Gasteiger partial charge in [-0.1, -0.05) is 17.7 Å². The molecule has 102 valence electrons. The van der Waals surface area contributed by atoms with Gasteiger partial charge in [0.1, 0.15) is 6.07 Å². The Kier molecular flexibility index (Phi) is 3.55. The number of rotatable bonds is 1. The molecule has 0 saturated carbocycles. The Morgan fingerprint density at radius 3 is 2.45 bits per heavy atom. The number of hydrogen-bond acceptors (Lipinski definition) is 3. The summed E-state index contributed by atoms with van der Waals surface area (Å²) in [6.07, 6.45) is -3.80. The lowest BCUT2D eigenvalue weighted by molar-refractivity contribution is -0.137. The van der Waals surface area contributed by atoms with Crippen LogP contribution < -0.4 is 5.73 Å². The fourth-order valence-corrected chi connectivity index (χ4v) is 1.89. The summed E-state index contributed by atoms with van der Waals surface area (Å²) >= 11 is 5.83. The molecule has 2 rings (SSSR count). The molecule has 1 aromatic heterocycles. The van der Waals surface area contributed by atoms with Crippen LogP contribution in [0.2, 0.25) is 5.02 Å². The molecule has 0 saturated heterocycles. The van der Waals surface area contributed by atoms with Crippen LogP contribution in [0.25, 0.3) is 11.3 Å². The van der Waals surface area contributed by atoms with Crippen molar-refractivity contribution in [3.8, 4) is 17.3 Å². The molecule has 0 atom stereocenters. The van der Waals surface area contributed by atoms with Crippen LogP contribution in [0.3, 0.4) is 0 Å². The van der Waals surface area contributed by atoms with Gasteiger partial charge in [0, 0.05) is 11.8 Å². The summed E-state index contributed by atoms with van der Waals surface area (Å²) in [6, 6.07) is 7.12. The third kappa shape index (κ3) is 2.68. The predicted octanol–water partition coefficient (Wildman–Crippen LogP) is 3.87. The van der Waals surface area contributed by atoms with E-state index in [9.17, 15) is 13.2 Å². The molecule has 0 unspecified atom stereocenters. The Bertz CT molecular complexity index is 705. The van der Waals surface area contributed by atoms with Crippen LogP contribution in [0, 0.1) is 11.3 Å². The molecule has 0 bridgehead atoms. The number of halogens is 4. The number of anilines is 1. The normalized spacial score (nSPS) is 11.2. The Labute approximate surface area is 117 Å². The summed E-state index contributed by atoms with van der Waals surface area (Å²) in [7, 11) is 0. The molecule has 0 aliphatic heterocycles. The van der Waals surface area contributed by atoms with Crippen molar-refractivity contribution in [3.63, 3.8) is 0 Å². The zero-order valence-electron chi connectivity index (χ0n) is 9.87. The topological polar surface area (TPSA) is 62.7 Å². The zero-order chi connectivity index (χ0) is 14.9. The van der Waals surface area contributed by atoms with Crippen LogP contribution in [0.15, 0.2) is 30.5 Å². The summed E-state index contributed by atoms with van der Waals surface area (Å²) in [5, 5.41) is 8.63. The van der Waals surface area contributed by atoms with Gasteiger partial charge in [0.15, 0.2) is 0 Å². The van der Waals surface area contributed by atoms with Gasteiger partial charge < -0.3 is 5.73 Å². The van der Waals surface area contributed by atoms with E-state index in [-0.39, 0.29) is 22.0 Å². The number of alkyl halides is 3. The highest BCUT2D eigenvalue weighted by molar-refractivity contribution is 6.33. The van der Waals surface area contributed by atoms with Crippen LogP contribution in [-0.2, 0) is 6.18 Å². The van der Waals surface area contributed by atoms with Gasteiger partial charge in [-0.2, -0.15) is 18.4 Å². The molecular formula is C13H7ClF3N3. The SMILES string of the molecule is N#Cc1ccc(-c2ncc(C(F)(F)F)cc2Cl)cc1N. The average Bonchev–Trinajstić information content (AvgIpc) is 2.37. The number of hydrogen-bond donors (Lipinski definition) is 1. The second-order valence-electron chi connectivity index (χ2n) is 3.97. The quantitative estimate of drug-likeness (QED) is 0.813. The number of nitrogens with two attached hydrogens (primary N) is 1. The van der Waals surface area contributed by atoms with Gasteiger partial charge in [-0.3, -0.25) is 4.98 Å². The van der Waals surface area contributed by atoms with E-state index in [1.165, 1.54) is 18.2 Å². The van der Waals surface area contributed by atoms with Gasteiger partial charge in [0.2, 0.25) is 0 Å². The van der Waals surface area contributed by atoms with E-state index in [1.807, 2.05) is 6.07 Å². The van der Waals surface area contributed by atoms with Crippen molar-refractivity contribution in [1.82, 2.24) is 4.98 Å². The molecule has 0 radical (unpaired) electrons. The summed E-state index contributed by atoms with van der Waals surface area (Å²) in [5.41, 5.74) is 5.83. The first-order chi connectivity index (χ1) is 9.32. The largest absolute Gasteiger partial charge is 0.417 e. The highest BCUT2D eigenvalue weighted by Gasteiger charge is 2.31. The van der Waals surface area contributed by atoms with E-state index in [2.05, 4.69) is 4.98 Å². The first-order valence-corrected chi connectivity index (χ1v) is 5.73. The number of nitrogens with zero attached hydrogens (tertiary/aromatic N) is 2. The van der Waals surface area contributed by atoms with Crippen molar-refractivity contribution in [1.29, 1.82) is 5.26 Å². The van der Waals surface area contributed by atoms with Gasteiger partial charge >= 0.3 is 6.18 Å². The van der Waals surface area contributed by atoms with Gasteiger partial charge in [-0.05, 0) is 18.2 Å². The first-order valence-electron chi connectivity index (χ1n) is 5.35. The fourth-order valence-electron chi connectivity index (χ4n) is 1.62. The lowest BCUT2D eigenvalue weighted by Gasteiger charge is -2.10. The molecule has 1 heterocycles. The highest BCUT2D eigenvalue weighted by atomic mass is 35.5. The smallest absolute Gasteiger partial charge is 0.398 e. The van der Waals surface area contributed by atoms with Crippen molar-refractivity contribution in [2.75, 3.05) is 5.73 Å². The summed E-state index contributed by atoms with van der Waals surface area (Å²) in [4.78, 5) is 3.72. The average molecular weight is 298 g/mol. The standard InChI is InChI=1S/C13H7ClF3N3/c14-10-4-9(13(15,16)17)6-20-12(10)7-1-2-8(5-18)11(19)3-7/h1-4,6H,19H2. The van der Waals surface area contributed by atoms with Crippen molar-refractivity contribution in [2.24, 2.45) is 0 Å². The number of benzene rings is 1. The van der Waals surface area contributed by atoms with E-state index in [0.29, 0.717) is 11.8 Å². The van der Waals surface area contributed by atoms with Gasteiger partial charge in [0.25, 0.3) is 0 Å². The molecule has 1 aromatic carbocycles. The molecule has 0 spiro atoms. The van der Waals surface area contributed by atoms with Crippen LogP contribution in [-0.4, -0.2) is 4.98 Å². The molecular weight excluding hydrogens is 291 g/mol. The van der Waals surface area contributed by atoms with Gasteiger partial charge in [-0.15, -0.1) is 0 Å². The molecule has 0 aliphatic carbocycles. The third-order valence-corrected chi connectivity index (χ3v) is 2.90. The minimum atomic E-state index is -4.50. The van der Waals surface area contributed by atoms with Crippen LogP contribution in [0.1, 0.15) is 11.1 Å². The second-order valence-corrected chi connectivity index (χ2v) is 4.37. The van der Waals surface area contributed by atoms with E-state index in [4.69, 9.17) is 22.6 Å². The van der Waals surface area contributed by atoms with Crippen molar-refractivity contribution in [2.45, 2.75) is 6.18 Å². The van der Waals surface area contributed by atoms with Crippen LogP contribution in [0.4, 0.5) is 18.9 Å². The molecule has 0 fully saturated rings. The maximum absolute atomic E-state index is 12.5. The Morgan fingerprint density at radius 2 is 1.95 bits per heavy atom. The number of nitriles is 1. The number of nitrogen functional groups attached to an aromatic ring is 1. The maximum atomic E-state index is 12.5. The van der Waals surface area contributed by atoms with Gasteiger partial charge in [-0.25, -0.2) is 0 Å². The van der Waals surface area contributed by atoms with E-state index in [1.54, 1.807) is 0 Å². The summed E-state index contributed by atoms with van der Waals surface area (Å²) in [5.74, 6) is 0. The molecule has 0 amide bonds. The van der Waals surface area contributed by atoms with Crippen LogP contribution in [0.5, 0.6) is 0 Å². The molecule has 0 aliphatic rings. The monoisotopic (exact) mass is 297 g/mol. The zero-order valence-corrected chi connectivity index (χ0v) is 10.6. The maximum Gasteiger partial charge on any atom is 0.417 e. The molecule has 7 heteroatoms. The number of aromatic nitrogens is 1. The van der Waals surface area contributed by atoms with Crippen molar-refractivity contribution in [3.05, 3.63) is 46.6 Å². The van der Waals surface area contributed by atoms with E-state index < -0.39 is 11.7 Å². The number of pyridine rings is 1. The molecule has 3 nitrogen and oxygen atoms in total. The molecule has 2 aromatic rings. The Hall–Kier alpha value is -2.26. The van der Waals surface area contributed by atoms with E-state index in [0.717, 1.165) is 6.07 Å². The molecule has 20 heavy (non-hydrogen) atoms. The summed E-state index contributed by atoms with van der Waals surface area (Å²) < 4.78 is 37.5. The summed E-state index contributed by atoms with van der Waals surface area (Å²) in [6.45, 7) is 0. The minimum absolute atomic E-state index is 0.135. The molecule has 2 N–H and O–H groups in total. The minimum Gasteiger partial charge on any atom is -0.398 e. The van der Waals surface area contributed by atoms with Gasteiger partial charge in [0.05, 0.1) is 27.5 Å². The van der Waals surface area contributed by atoms with E-state index >= 15 is 0 Å². The van der Waals surface area contributed by atoms with Crippen molar-refractivity contribution < 1.29 is 13.2 Å². The lowest BCUT2D eigenvalue weighted by Crippen LogP contribution is -2.05. The Balaban J connectivity index is 2.49. The first kappa shape index (κ1) is 14.2.